The maximum atomic E-state index is 12.2. The molecule has 1 rings (SSSR count). The van der Waals surface area contributed by atoms with Crippen molar-refractivity contribution in [3.05, 3.63) is 24.5 Å². The number of aromatic nitrogens is 1. The number of pyridine rings is 1. The molecule has 1 heterocycles. The van der Waals surface area contributed by atoms with Gasteiger partial charge in [-0.25, -0.2) is 0 Å². The Bertz CT molecular complexity index is 322. The van der Waals surface area contributed by atoms with Crippen LogP contribution in [0.25, 0.3) is 0 Å². The standard InChI is InChI=1S/C12H19N3O/c1-3-10(9-13)12(16)15(4-2)11-5-7-14-8-6-11/h5-8,10H,3-4,9,13H2,1-2H3. The first-order chi connectivity index (χ1) is 7.74. The molecule has 1 unspecified atom stereocenters. The van der Waals surface area contributed by atoms with Crippen LogP contribution in [0.2, 0.25) is 0 Å². The van der Waals surface area contributed by atoms with Crippen molar-refractivity contribution in [3.8, 4) is 0 Å². The monoisotopic (exact) mass is 221 g/mol. The lowest BCUT2D eigenvalue weighted by Gasteiger charge is -2.25. The molecule has 0 aliphatic rings. The molecule has 0 aliphatic heterocycles. The molecule has 4 heteroatoms. The predicted molar refractivity (Wildman–Crippen MR) is 65.1 cm³/mol. The predicted octanol–water partition coefficient (Wildman–Crippen LogP) is 1.42. The van der Waals surface area contributed by atoms with Crippen molar-refractivity contribution in [1.82, 2.24) is 4.98 Å². The van der Waals surface area contributed by atoms with E-state index in [0.29, 0.717) is 13.1 Å². The number of carbonyl (C=O) groups is 1. The van der Waals surface area contributed by atoms with Gasteiger partial charge in [-0.3, -0.25) is 9.78 Å². The van der Waals surface area contributed by atoms with E-state index in [-0.39, 0.29) is 11.8 Å². The third-order valence-electron chi connectivity index (χ3n) is 2.68. The van der Waals surface area contributed by atoms with Gasteiger partial charge in [0.25, 0.3) is 0 Å². The molecule has 0 fully saturated rings. The lowest BCUT2D eigenvalue weighted by Crippen LogP contribution is -2.38. The van der Waals surface area contributed by atoms with Crippen LogP contribution in [0, 0.1) is 5.92 Å². The number of rotatable bonds is 5. The van der Waals surface area contributed by atoms with Crippen LogP contribution >= 0.6 is 0 Å². The third-order valence-corrected chi connectivity index (χ3v) is 2.68. The van der Waals surface area contributed by atoms with Crippen LogP contribution in [0.4, 0.5) is 5.69 Å². The van der Waals surface area contributed by atoms with Gasteiger partial charge in [-0.05, 0) is 25.5 Å². The van der Waals surface area contributed by atoms with Crippen LogP contribution in [0.5, 0.6) is 0 Å². The van der Waals surface area contributed by atoms with Gasteiger partial charge in [-0.15, -0.1) is 0 Å². The quantitative estimate of drug-likeness (QED) is 0.818. The zero-order valence-electron chi connectivity index (χ0n) is 9.89. The Kier molecular flexibility index (Phi) is 4.92. The molecule has 1 atom stereocenters. The van der Waals surface area contributed by atoms with Gasteiger partial charge < -0.3 is 10.6 Å². The zero-order chi connectivity index (χ0) is 12.0. The van der Waals surface area contributed by atoms with E-state index in [4.69, 9.17) is 5.73 Å². The van der Waals surface area contributed by atoms with Gasteiger partial charge in [0.1, 0.15) is 0 Å². The van der Waals surface area contributed by atoms with Crippen molar-refractivity contribution in [2.75, 3.05) is 18.0 Å². The molecule has 1 aromatic rings. The van der Waals surface area contributed by atoms with E-state index in [9.17, 15) is 4.79 Å². The Balaban J connectivity index is 2.86. The average molecular weight is 221 g/mol. The first-order valence-electron chi connectivity index (χ1n) is 5.66. The SMILES string of the molecule is CCC(CN)C(=O)N(CC)c1ccncc1. The molecule has 1 amide bonds. The summed E-state index contributed by atoms with van der Waals surface area (Å²) in [6, 6.07) is 3.68. The summed E-state index contributed by atoms with van der Waals surface area (Å²) < 4.78 is 0. The molecule has 0 saturated heterocycles. The summed E-state index contributed by atoms with van der Waals surface area (Å²) in [7, 11) is 0. The molecular weight excluding hydrogens is 202 g/mol. The molecule has 1 aromatic heterocycles. The zero-order valence-corrected chi connectivity index (χ0v) is 9.89. The summed E-state index contributed by atoms with van der Waals surface area (Å²) in [5.74, 6) is 0.00631. The maximum Gasteiger partial charge on any atom is 0.231 e. The molecule has 0 aromatic carbocycles. The average Bonchev–Trinajstić information content (AvgIpc) is 2.33. The van der Waals surface area contributed by atoms with E-state index in [1.54, 1.807) is 17.3 Å². The molecule has 16 heavy (non-hydrogen) atoms. The fraction of sp³-hybridized carbons (Fsp3) is 0.500. The summed E-state index contributed by atoms with van der Waals surface area (Å²) in [5, 5.41) is 0. The van der Waals surface area contributed by atoms with E-state index in [1.807, 2.05) is 26.0 Å². The number of hydrogen-bond donors (Lipinski definition) is 1. The van der Waals surface area contributed by atoms with Crippen molar-refractivity contribution >= 4 is 11.6 Å². The summed E-state index contributed by atoms with van der Waals surface area (Å²) in [6.07, 6.45) is 4.15. The molecule has 88 valence electrons. The highest BCUT2D eigenvalue weighted by Gasteiger charge is 2.21. The topological polar surface area (TPSA) is 59.2 Å². The fourth-order valence-corrected chi connectivity index (χ4v) is 1.65. The highest BCUT2D eigenvalue weighted by atomic mass is 16.2. The van der Waals surface area contributed by atoms with Gasteiger partial charge in [0.05, 0.1) is 5.92 Å². The summed E-state index contributed by atoms with van der Waals surface area (Å²) in [5.41, 5.74) is 6.48. The molecule has 0 aliphatic carbocycles. The van der Waals surface area contributed by atoms with E-state index in [0.717, 1.165) is 12.1 Å². The Hall–Kier alpha value is -1.42. The number of nitrogens with two attached hydrogens (primary N) is 1. The number of amides is 1. The molecule has 4 nitrogen and oxygen atoms in total. The largest absolute Gasteiger partial charge is 0.330 e. The first-order valence-corrected chi connectivity index (χ1v) is 5.66. The third kappa shape index (κ3) is 2.79. The summed E-state index contributed by atoms with van der Waals surface area (Å²) in [4.78, 5) is 17.9. The minimum atomic E-state index is -0.0897. The van der Waals surface area contributed by atoms with Crippen molar-refractivity contribution in [3.63, 3.8) is 0 Å². The van der Waals surface area contributed by atoms with Gasteiger partial charge in [-0.1, -0.05) is 6.92 Å². The highest BCUT2D eigenvalue weighted by Crippen LogP contribution is 2.16. The molecular formula is C12H19N3O. The highest BCUT2D eigenvalue weighted by molar-refractivity contribution is 5.95. The van der Waals surface area contributed by atoms with Gasteiger partial charge in [0.15, 0.2) is 0 Å². The lowest BCUT2D eigenvalue weighted by molar-refractivity contribution is -0.122. The van der Waals surface area contributed by atoms with E-state index in [1.165, 1.54) is 0 Å². The number of nitrogens with zero attached hydrogens (tertiary/aromatic N) is 2. The maximum absolute atomic E-state index is 12.2. The van der Waals surface area contributed by atoms with E-state index in [2.05, 4.69) is 4.98 Å². The Labute approximate surface area is 96.5 Å². The molecule has 0 radical (unpaired) electrons. The van der Waals surface area contributed by atoms with Crippen LogP contribution in [0.15, 0.2) is 24.5 Å². The fourth-order valence-electron chi connectivity index (χ4n) is 1.65. The normalized spacial score (nSPS) is 12.2. The molecule has 2 N–H and O–H groups in total. The van der Waals surface area contributed by atoms with Crippen molar-refractivity contribution < 1.29 is 4.79 Å². The molecule has 0 bridgehead atoms. The van der Waals surface area contributed by atoms with Gasteiger partial charge >= 0.3 is 0 Å². The summed E-state index contributed by atoms with van der Waals surface area (Å²) in [6.45, 7) is 4.99. The van der Waals surface area contributed by atoms with Crippen LogP contribution < -0.4 is 10.6 Å². The second kappa shape index (κ2) is 6.23. The van der Waals surface area contributed by atoms with Crippen molar-refractivity contribution in [2.24, 2.45) is 11.7 Å². The summed E-state index contributed by atoms with van der Waals surface area (Å²) >= 11 is 0. The van der Waals surface area contributed by atoms with Crippen molar-refractivity contribution in [2.45, 2.75) is 20.3 Å². The first kappa shape index (κ1) is 12.6. The van der Waals surface area contributed by atoms with Crippen LogP contribution in [0.3, 0.4) is 0 Å². The smallest absolute Gasteiger partial charge is 0.231 e. The Morgan fingerprint density at radius 1 is 1.44 bits per heavy atom. The Morgan fingerprint density at radius 3 is 2.50 bits per heavy atom. The Morgan fingerprint density at radius 2 is 2.06 bits per heavy atom. The minimum Gasteiger partial charge on any atom is -0.330 e. The minimum absolute atomic E-state index is 0.0897. The van der Waals surface area contributed by atoms with Crippen LogP contribution in [0.1, 0.15) is 20.3 Å². The second-order valence-corrected chi connectivity index (χ2v) is 3.63. The van der Waals surface area contributed by atoms with Gasteiger partial charge in [-0.2, -0.15) is 0 Å². The molecule has 0 spiro atoms. The van der Waals surface area contributed by atoms with Gasteiger partial charge in [0, 0.05) is 31.2 Å². The van der Waals surface area contributed by atoms with Gasteiger partial charge in [0.2, 0.25) is 5.91 Å². The second-order valence-electron chi connectivity index (χ2n) is 3.63. The lowest BCUT2D eigenvalue weighted by atomic mass is 10.1. The van der Waals surface area contributed by atoms with Crippen LogP contribution in [-0.2, 0) is 4.79 Å². The van der Waals surface area contributed by atoms with Crippen LogP contribution in [-0.4, -0.2) is 24.0 Å². The van der Waals surface area contributed by atoms with E-state index < -0.39 is 0 Å². The van der Waals surface area contributed by atoms with Crippen molar-refractivity contribution in [1.29, 1.82) is 0 Å². The number of hydrogen-bond acceptors (Lipinski definition) is 3. The molecule has 0 saturated carbocycles. The van der Waals surface area contributed by atoms with E-state index >= 15 is 0 Å². The number of anilines is 1. The number of carbonyl (C=O) groups excluding carboxylic acids is 1.